The molecule has 0 radical (unpaired) electrons. The van der Waals surface area contributed by atoms with Gasteiger partial charge in [-0.3, -0.25) is 4.79 Å². The van der Waals surface area contributed by atoms with Gasteiger partial charge in [0.2, 0.25) is 5.91 Å². The lowest BCUT2D eigenvalue weighted by molar-refractivity contribution is -0.120. The van der Waals surface area contributed by atoms with E-state index in [2.05, 4.69) is 16.0 Å². The molecule has 0 atom stereocenters. The van der Waals surface area contributed by atoms with E-state index in [1.165, 1.54) is 0 Å². The first-order valence-electron chi connectivity index (χ1n) is 7.20. The Morgan fingerprint density at radius 1 is 1.29 bits per heavy atom. The minimum atomic E-state index is -0.359. The second-order valence-corrected chi connectivity index (χ2v) is 4.96. The number of amides is 3. The highest BCUT2D eigenvalue weighted by molar-refractivity contribution is 5.84. The van der Waals surface area contributed by atoms with Gasteiger partial charge in [0.1, 0.15) is 5.75 Å². The predicted molar refractivity (Wildman–Crippen MR) is 79.0 cm³/mol. The maximum Gasteiger partial charge on any atom is 0.315 e. The highest BCUT2D eigenvalue weighted by Gasteiger charge is 2.23. The van der Waals surface area contributed by atoms with Gasteiger partial charge < -0.3 is 20.7 Å². The molecule has 1 aliphatic rings. The molecule has 21 heavy (non-hydrogen) atoms. The highest BCUT2D eigenvalue weighted by atomic mass is 16.5. The van der Waals surface area contributed by atoms with Crippen molar-refractivity contribution >= 4 is 11.9 Å². The van der Waals surface area contributed by atoms with Crippen LogP contribution in [0.3, 0.4) is 0 Å². The molecule has 6 heteroatoms. The van der Waals surface area contributed by atoms with Crippen molar-refractivity contribution in [3.8, 4) is 5.75 Å². The van der Waals surface area contributed by atoms with Crippen molar-refractivity contribution in [3.05, 3.63) is 29.8 Å². The summed E-state index contributed by atoms with van der Waals surface area (Å²) >= 11 is 0. The fourth-order valence-corrected chi connectivity index (χ4v) is 1.82. The molecule has 2 rings (SSSR count). The Balaban J connectivity index is 1.67. The summed E-state index contributed by atoms with van der Waals surface area (Å²) in [5.41, 5.74) is 0.943. The third-order valence-electron chi connectivity index (χ3n) is 3.01. The van der Waals surface area contributed by atoms with E-state index in [0.717, 1.165) is 24.2 Å². The van der Waals surface area contributed by atoms with Gasteiger partial charge in [-0.15, -0.1) is 0 Å². The Labute approximate surface area is 124 Å². The highest BCUT2D eigenvalue weighted by Crippen LogP contribution is 2.18. The van der Waals surface area contributed by atoms with Crippen LogP contribution in [0, 0.1) is 0 Å². The monoisotopic (exact) mass is 291 g/mol. The Morgan fingerprint density at radius 2 is 2.10 bits per heavy atom. The normalized spacial score (nSPS) is 13.4. The smallest absolute Gasteiger partial charge is 0.315 e. The lowest BCUT2D eigenvalue weighted by Gasteiger charge is -2.09. The van der Waals surface area contributed by atoms with Gasteiger partial charge >= 0.3 is 6.03 Å². The van der Waals surface area contributed by atoms with Gasteiger partial charge in [-0.05, 0) is 37.5 Å². The van der Waals surface area contributed by atoms with E-state index in [1.54, 1.807) is 0 Å². The maximum absolute atomic E-state index is 11.6. The average Bonchev–Trinajstić information content (AvgIpc) is 3.28. The van der Waals surface area contributed by atoms with Gasteiger partial charge in [0, 0.05) is 12.6 Å². The van der Waals surface area contributed by atoms with Crippen LogP contribution in [0.25, 0.3) is 0 Å². The quantitative estimate of drug-likeness (QED) is 0.705. The zero-order valence-corrected chi connectivity index (χ0v) is 12.1. The number of urea groups is 1. The van der Waals surface area contributed by atoms with Gasteiger partial charge in [0.15, 0.2) is 0 Å². The maximum atomic E-state index is 11.6. The summed E-state index contributed by atoms with van der Waals surface area (Å²) in [4.78, 5) is 23.0. The molecular formula is C15H21N3O3. The molecule has 3 amide bonds. The number of carbonyl (C=O) groups excluding carboxylic acids is 2. The number of ether oxygens (including phenoxy) is 1. The topological polar surface area (TPSA) is 79.5 Å². The van der Waals surface area contributed by atoms with E-state index in [0.29, 0.717) is 19.2 Å². The molecule has 1 aromatic carbocycles. The summed E-state index contributed by atoms with van der Waals surface area (Å²) in [5.74, 6) is 0.631. The van der Waals surface area contributed by atoms with Crippen molar-refractivity contribution in [1.82, 2.24) is 16.0 Å². The van der Waals surface area contributed by atoms with Crippen molar-refractivity contribution in [2.24, 2.45) is 0 Å². The van der Waals surface area contributed by atoms with E-state index < -0.39 is 0 Å². The summed E-state index contributed by atoms with van der Waals surface area (Å²) in [6.07, 6.45) is 2.07. The molecule has 1 aromatic rings. The summed E-state index contributed by atoms with van der Waals surface area (Å²) in [6.45, 7) is 2.91. The minimum Gasteiger partial charge on any atom is -0.494 e. The summed E-state index contributed by atoms with van der Waals surface area (Å²) in [7, 11) is 0. The van der Waals surface area contributed by atoms with Crippen LogP contribution in [0.15, 0.2) is 24.3 Å². The third-order valence-corrected chi connectivity index (χ3v) is 3.01. The van der Waals surface area contributed by atoms with Gasteiger partial charge in [0.05, 0.1) is 13.2 Å². The van der Waals surface area contributed by atoms with Crippen molar-refractivity contribution < 1.29 is 14.3 Å². The lowest BCUT2D eigenvalue weighted by atomic mass is 10.2. The molecule has 1 aliphatic carbocycles. The molecule has 1 saturated carbocycles. The van der Waals surface area contributed by atoms with Gasteiger partial charge in [-0.25, -0.2) is 4.79 Å². The van der Waals surface area contributed by atoms with Crippen molar-refractivity contribution in [3.63, 3.8) is 0 Å². The van der Waals surface area contributed by atoms with Crippen LogP contribution in [-0.4, -0.2) is 31.1 Å². The van der Waals surface area contributed by atoms with Crippen LogP contribution in [0.1, 0.15) is 25.3 Å². The minimum absolute atomic E-state index is 0.00131. The Kier molecular flexibility index (Phi) is 5.43. The predicted octanol–water partition coefficient (Wildman–Crippen LogP) is 1.16. The SMILES string of the molecule is CCOc1cccc(CNC(=O)NCC(=O)NC2CC2)c1. The second-order valence-electron chi connectivity index (χ2n) is 4.96. The van der Waals surface area contributed by atoms with Crippen LogP contribution in [-0.2, 0) is 11.3 Å². The summed E-state index contributed by atoms with van der Waals surface area (Å²) < 4.78 is 5.39. The van der Waals surface area contributed by atoms with E-state index in [4.69, 9.17) is 4.74 Å². The Hall–Kier alpha value is -2.24. The summed E-state index contributed by atoms with van der Waals surface area (Å²) in [5, 5.41) is 8.05. The molecule has 0 unspecified atom stereocenters. The number of hydrogen-bond donors (Lipinski definition) is 3. The molecule has 0 spiro atoms. The first-order chi connectivity index (χ1) is 10.2. The number of hydrogen-bond acceptors (Lipinski definition) is 3. The zero-order valence-electron chi connectivity index (χ0n) is 12.1. The summed E-state index contributed by atoms with van der Waals surface area (Å²) in [6, 6.07) is 7.48. The molecule has 6 nitrogen and oxygen atoms in total. The van der Waals surface area contributed by atoms with E-state index in [1.807, 2.05) is 31.2 Å². The molecule has 0 bridgehead atoms. The zero-order chi connectivity index (χ0) is 15.1. The van der Waals surface area contributed by atoms with Gasteiger partial charge in [-0.2, -0.15) is 0 Å². The van der Waals surface area contributed by atoms with Crippen LogP contribution >= 0.6 is 0 Å². The van der Waals surface area contributed by atoms with Crippen molar-refractivity contribution in [2.45, 2.75) is 32.4 Å². The molecule has 1 fully saturated rings. The number of benzene rings is 1. The molecule has 0 aromatic heterocycles. The van der Waals surface area contributed by atoms with Crippen molar-refractivity contribution in [1.29, 1.82) is 0 Å². The van der Waals surface area contributed by atoms with Crippen LogP contribution < -0.4 is 20.7 Å². The molecule has 0 heterocycles. The van der Waals surface area contributed by atoms with Crippen LogP contribution in [0.4, 0.5) is 4.79 Å². The molecular weight excluding hydrogens is 270 g/mol. The second kappa shape index (κ2) is 7.52. The number of carbonyl (C=O) groups is 2. The Bertz CT molecular complexity index is 501. The molecule has 114 valence electrons. The standard InChI is InChI=1S/C15H21N3O3/c1-2-21-13-5-3-4-11(8-13)9-16-15(20)17-10-14(19)18-12-6-7-12/h3-5,8,12H,2,6-7,9-10H2,1H3,(H,18,19)(H2,16,17,20). The van der Waals surface area contributed by atoms with E-state index in [-0.39, 0.29) is 18.5 Å². The largest absolute Gasteiger partial charge is 0.494 e. The number of rotatable bonds is 7. The van der Waals surface area contributed by atoms with Gasteiger partial charge in [0.25, 0.3) is 0 Å². The first-order valence-corrected chi connectivity index (χ1v) is 7.20. The fraction of sp³-hybridized carbons (Fsp3) is 0.467. The molecule has 0 aliphatic heterocycles. The molecule has 3 N–H and O–H groups in total. The lowest BCUT2D eigenvalue weighted by Crippen LogP contribution is -2.42. The van der Waals surface area contributed by atoms with Crippen LogP contribution in [0.5, 0.6) is 5.75 Å². The first kappa shape index (κ1) is 15.2. The average molecular weight is 291 g/mol. The Morgan fingerprint density at radius 3 is 2.81 bits per heavy atom. The fourth-order valence-electron chi connectivity index (χ4n) is 1.82. The van der Waals surface area contributed by atoms with Gasteiger partial charge in [-0.1, -0.05) is 12.1 Å². The van der Waals surface area contributed by atoms with Crippen molar-refractivity contribution in [2.75, 3.05) is 13.2 Å². The van der Waals surface area contributed by atoms with E-state index >= 15 is 0 Å². The third kappa shape index (κ3) is 5.72. The molecule has 0 saturated heterocycles. The van der Waals surface area contributed by atoms with Crippen LogP contribution in [0.2, 0.25) is 0 Å². The number of nitrogens with one attached hydrogen (secondary N) is 3. The van der Waals surface area contributed by atoms with E-state index in [9.17, 15) is 9.59 Å².